The second kappa shape index (κ2) is 9.07. The van der Waals surface area contributed by atoms with Crippen molar-refractivity contribution in [2.24, 2.45) is 40.4 Å². The molecule has 1 aromatic rings. The fourth-order valence-corrected chi connectivity index (χ4v) is 9.45. The maximum atomic E-state index is 11.0. The van der Waals surface area contributed by atoms with E-state index in [-0.39, 0.29) is 6.10 Å². The lowest BCUT2D eigenvalue weighted by Gasteiger charge is -2.59. The van der Waals surface area contributed by atoms with Gasteiger partial charge in [0.15, 0.2) is 0 Å². The number of benzene rings is 1. The molecule has 2 N–H and O–H groups in total. The summed E-state index contributed by atoms with van der Waals surface area (Å²) in [7, 11) is 0. The number of aliphatic hydroxyl groups is 2. The second-order valence-electron chi connectivity index (χ2n) is 13.2. The first-order valence-corrected chi connectivity index (χ1v) is 14.3. The van der Waals surface area contributed by atoms with Crippen LogP contribution in [0.25, 0.3) is 0 Å². The first-order valence-electron chi connectivity index (χ1n) is 14.3. The Morgan fingerprint density at radius 1 is 0.971 bits per heavy atom. The van der Waals surface area contributed by atoms with Gasteiger partial charge in [0.25, 0.3) is 0 Å². The van der Waals surface area contributed by atoms with E-state index in [1.165, 1.54) is 38.5 Å². The van der Waals surface area contributed by atoms with Crippen molar-refractivity contribution < 1.29 is 10.2 Å². The molecule has 3 saturated carbocycles. The molecule has 0 saturated heterocycles. The van der Waals surface area contributed by atoms with E-state index < -0.39 is 5.60 Å². The topological polar surface area (TPSA) is 40.5 Å². The zero-order chi connectivity index (χ0) is 24.1. The molecule has 0 bridgehead atoms. The largest absolute Gasteiger partial charge is 0.390 e. The van der Waals surface area contributed by atoms with Crippen LogP contribution >= 0.6 is 0 Å². The molecule has 1 unspecified atom stereocenters. The Bertz CT molecular complexity index is 892. The number of hydrogen-bond donors (Lipinski definition) is 2. The molecule has 3 fully saturated rings. The SMILES string of the molecule is CC[C@]1(O)CC[C@@]2(C)C(=CC[C@H]3[C@@H]4CC[C@H]([C@H](C)CCC(O)c5ccccc5)[C@@]4(C)CC[C@@H]32)C1. The summed E-state index contributed by atoms with van der Waals surface area (Å²) >= 11 is 0. The number of fused-ring (bicyclic) bond motifs is 5. The van der Waals surface area contributed by atoms with Crippen LogP contribution in [-0.2, 0) is 0 Å². The predicted octanol–water partition coefficient (Wildman–Crippen LogP) is 7.86. The number of rotatable bonds is 6. The molecule has 2 heteroatoms. The maximum Gasteiger partial charge on any atom is 0.0790 e. The van der Waals surface area contributed by atoms with E-state index >= 15 is 0 Å². The summed E-state index contributed by atoms with van der Waals surface area (Å²) in [5, 5.41) is 21.8. The van der Waals surface area contributed by atoms with Crippen LogP contribution in [0.1, 0.15) is 110 Å². The minimum Gasteiger partial charge on any atom is -0.390 e. The second-order valence-corrected chi connectivity index (χ2v) is 13.2. The highest BCUT2D eigenvalue weighted by atomic mass is 16.3. The molecule has 0 spiro atoms. The van der Waals surface area contributed by atoms with Crippen LogP contribution in [0.2, 0.25) is 0 Å². The Labute approximate surface area is 208 Å². The Kier molecular flexibility index (Phi) is 6.56. The Morgan fingerprint density at radius 2 is 1.74 bits per heavy atom. The molecule has 0 radical (unpaired) electrons. The molecule has 2 nitrogen and oxygen atoms in total. The fourth-order valence-electron chi connectivity index (χ4n) is 9.45. The zero-order valence-electron chi connectivity index (χ0n) is 22.1. The summed E-state index contributed by atoms with van der Waals surface area (Å²) in [5.74, 6) is 3.94. The van der Waals surface area contributed by atoms with Gasteiger partial charge in [-0.25, -0.2) is 0 Å². The average Bonchev–Trinajstić information content (AvgIpc) is 3.20. The fraction of sp³-hybridized carbons (Fsp3) is 0.750. The van der Waals surface area contributed by atoms with Crippen LogP contribution in [0, 0.1) is 40.4 Å². The normalized spacial score (nSPS) is 43.3. The van der Waals surface area contributed by atoms with Crippen molar-refractivity contribution in [3.8, 4) is 0 Å². The highest BCUT2D eigenvalue weighted by Gasteiger charge is 2.59. The van der Waals surface area contributed by atoms with E-state index in [1.54, 1.807) is 5.57 Å². The summed E-state index contributed by atoms with van der Waals surface area (Å²) < 4.78 is 0. The Morgan fingerprint density at radius 3 is 2.47 bits per heavy atom. The van der Waals surface area contributed by atoms with Crippen molar-refractivity contribution >= 4 is 0 Å². The molecule has 1 aromatic carbocycles. The van der Waals surface area contributed by atoms with Crippen molar-refractivity contribution in [1.29, 1.82) is 0 Å². The maximum absolute atomic E-state index is 11.0. The van der Waals surface area contributed by atoms with Gasteiger partial charge in [0.2, 0.25) is 0 Å². The summed E-state index contributed by atoms with van der Waals surface area (Å²) in [5.41, 5.74) is 2.96. The molecule has 188 valence electrons. The quantitative estimate of drug-likeness (QED) is 0.421. The van der Waals surface area contributed by atoms with Crippen molar-refractivity contribution in [1.82, 2.24) is 0 Å². The third-order valence-corrected chi connectivity index (χ3v) is 11.8. The third kappa shape index (κ3) is 4.01. The summed E-state index contributed by atoms with van der Waals surface area (Å²) in [4.78, 5) is 0. The number of hydrogen-bond acceptors (Lipinski definition) is 2. The Hall–Kier alpha value is -1.12. The molecule has 9 atom stereocenters. The van der Waals surface area contributed by atoms with Gasteiger partial charge in [0.05, 0.1) is 11.7 Å². The van der Waals surface area contributed by atoms with Gasteiger partial charge >= 0.3 is 0 Å². The monoisotopic (exact) mass is 464 g/mol. The summed E-state index contributed by atoms with van der Waals surface area (Å²) in [6.07, 6.45) is 14.9. The van der Waals surface area contributed by atoms with Gasteiger partial charge in [-0.1, -0.05) is 69.7 Å². The summed E-state index contributed by atoms with van der Waals surface area (Å²) in [6.45, 7) is 9.80. The van der Waals surface area contributed by atoms with Gasteiger partial charge in [0.1, 0.15) is 0 Å². The highest BCUT2D eigenvalue weighted by Crippen LogP contribution is 2.67. The van der Waals surface area contributed by atoms with Gasteiger partial charge in [-0.15, -0.1) is 0 Å². The average molecular weight is 465 g/mol. The van der Waals surface area contributed by atoms with Crippen molar-refractivity contribution in [3.05, 3.63) is 47.5 Å². The van der Waals surface area contributed by atoms with Crippen molar-refractivity contribution in [2.75, 3.05) is 0 Å². The van der Waals surface area contributed by atoms with Gasteiger partial charge in [-0.3, -0.25) is 0 Å². The van der Waals surface area contributed by atoms with Gasteiger partial charge in [-0.2, -0.15) is 0 Å². The first kappa shape index (κ1) is 24.6. The van der Waals surface area contributed by atoms with Gasteiger partial charge in [0, 0.05) is 0 Å². The third-order valence-electron chi connectivity index (χ3n) is 11.8. The van der Waals surface area contributed by atoms with Crippen LogP contribution in [0.5, 0.6) is 0 Å². The van der Waals surface area contributed by atoms with Crippen molar-refractivity contribution in [2.45, 2.75) is 110 Å². The first-order chi connectivity index (χ1) is 16.2. The standard InChI is InChI=1S/C32H48O2/c1-5-32(34)20-19-30(3)24(21-32)12-13-25-27-15-14-26(31(27,4)18-17-28(25)30)22(2)11-16-29(33)23-9-7-6-8-10-23/h6-10,12,22,25-29,33-34H,5,11,13-21H2,1-4H3/t22-,25+,26-,27+,28+,29?,30+,31-,32+/m1/s1. The van der Waals surface area contributed by atoms with Crippen LogP contribution in [0.3, 0.4) is 0 Å². The lowest BCUT2D eigenvalue weighted by atomic mass is 9.46. The molecule has 0 aromatic heterocycles. The molecule has 0 amide bonds. The van der Waals surface area contributed by atoms with E-state index in [4.69, 9.17) is 0 Å². The molecular formula is C32H48O2. The minimum absolute atomic E-state index is 0.315. The molecule has 4 aliphatic carbocycles. The van der Waals surface area contributed by atoms with E-state index in [0.717, 1.165) is 61.3 Å². The highest BCUT2D eigenvalue weighted by molar-refractivity contribution is 5.27. The minimum atomic E-state index is -0.459. The van der Waals surface area contributed by atoms with Crippen LogP contribution in [0.4, 0.5) is 0 Å². The van der Waals surface area contributed by atoms with Crippen LogP contribution in [0.15, 0.2) is 42.0 Å². The molecule has 4 aliphatic rings. The van der Waals surface area contributed by atoms with E-state index in [0.29, 0.717) is 16.7 Å². The van der Waals surface area contributed by atoms with Gasteiger partial charge < -0.3 is 10.2 Å². The predicted molar refractivity (Wildman–Crippen MR) is 140 cm³/mol. The molecule has 5 rings (SSSR count). The van der Waals surface area contributed by atoms with Crippen LogP contribution in [-0.4, -0.2) is 15.8 Å². The van der Waals surface area contributed by atoms with Crippen molar-refractivity contribution in [3.63, 3.8) is 0 Å². The smallest absolute Gasteiger partial charge is 0.0790 e. The van der Waals surface area contributed by atoms with E-state index in [2.05, 4.69) is 45.9 Å². The zero-order valence-corrected chi connectivity index (χ0v) is 22.1. The van der Waals surface area contributed by atoms with E-state index in [1.807, 2.05) is 18.2 Å². The Balaban J connectivity index is 1.28. The summed E-state index contributed by atoms with van der Waals surface area (Å²) in [6, 6.07) is 10.2. The lowest BCUT2D eigenvalue weighted by molar-refractivity contribution is -0.0757. The molecule has 0 aliphatic heterocycles. The lowest BCUT2D eigenvalue weighted by Crippen LogP contribution is -2.52. The van der Waals surface area contributed by atoms with Gasteiger partial charge in [-0.05, 0) is 117 Å². The molecule has 34 heavy (non-hydrogen) atoms. The number of allylic oxidation sites excluding steroid dienone is 1. The van der Waals surface area contributed by atoms with Crippen LogP contribution < -0.4 is 0 Å². The number of aliphatic hydroxyl groups excluding tert-OH is 1. The van der Waals surface area contributed by atoms with E-state index in [9.17, 15) is 10.2 Å². The molecule has 0 heterocycles. The molecular weight excluding hydrogens is 416 g/mol.